The van der Waals surface area contributed by atoms with Crippen molar-refractivity contribution in [2.24, 2.45) is 0 Å². The van der Waals surface area contributed by atoms with Crippen LogP contribution in [0.2, 0.25) is 0 Å². The molecule has 1 aliphatic heterocycles. The fourth-order valence-electron chi connectivity index (χ4n) is 4.08. The zero-order valence-electron chi connectivity index (χ0n) is 15.7. The highest BCUT2D eigenvalue weighted by molar-refractivity contribution is 5.91. The molecule has 134 valence electrons. The third-order valence-electron chi connectivity index (χ3n) is 5.51. The van der Waals surface area contributed by atoms with Gasteiger partial charge in [-0.15, -0.1) is 0 Å². The molecule has 4 nitrogen and oxygen atoms in total. The van der Waals surface area contributed by atoms with E-state index in [0.717, 1.165) is 53.1 Å². The Bertz CT molecular complexity index is 1130. The van der Waals surface area contributed by atoms with Gasteiger partial charge in [0.2, 0.25) is 0 Å². The summed E-state index contributed by atoms with van der Waals surface area (Å²) in [5, 5.41) is 0. The van der Waals surface area contributed by atoms with Crippen molar-refractivity contribution in [2.75, 3.05) is 13.6 Å². The molecular formula is C23H22N4. The molecule has 27 heavy (non-hydrogen) atoms. The Morgan fingerprint density at radius 3 is 2.78 bits per heavy atom. The molecule has 0 saturated carbocycles. The van der Waals surface area contributed by atoms with Gasteiger partial charge in [0.25, 0.3) is 0 Å². The molecule has 0 atom stereocenters. The van der Waals surface area contributed by atoms with E-state index in [1.165, 1.54) is 16.7 Å². The number of aromatic amines is 1. The van der Waals surface area contributed by atoms with E-state index in [1.807, 2.05) is 18.5 Å². The van der Waals surface area contributed by atoms with E-state index < -0.39 is 0 Å². The highest BCUT2D eigenvalue weighted by Crippen LogP contribution is 2.31. The van der Waals surface area contributed by atoms with Gasteiger partial charge in [0.1, 0.15) is 5.52 Å². The summed E-state index contributed by atoms with van der Waals surface area (Å²) in [7, 11) is 2.18. The van der Waals surface area contributed by atoms with Gasteiger partial charge in [-0.05, 0) is 54.8 Å². The third kappa shape index (κ3) is 2.82. The van der Waals surface area contributed by atoms with E-state index in [1.54, 1.807) is 0 Å². The zero-order chi connectivity index (χ0) is 18.4. The summed E-state index contributed by atoms with van der Waals surface area (Å²) in [6.07, 6.45) is 5.00. The van der Waals surface area contributed by atoms with Crippen molar-refractivity contribution in [3.63, 3.8) is 0 Å². The average molecular weight is 354 g/mol. The summed E-state index contributed by atoms with van der Waals surface area (Å²) < 4.78 is 0. The van der Waals surface area contributed by atoms with Crippen molar-refractivity contribution in [3.05, 3.63) is 71.5 Å². The molecule has 0 fully saturated rings. The van der Waals surface area contributed by atoms with E-state index in [0.29, 0.717) is 0 Å². The quantitative estimate of drug-likeness (QED) is 0.573. The minimum absolute atomic E-state index is 0.826. The number of rotatable bonds is 2. The van der Waals surface area contributed by atoms with E-state index >= 15 is 0 Å². The summed E-state index contributed by atoms with van der Waals surface area (Å²) in [4.78, 5) is 15.2. The largest absolute Gasteiger partial charge is 0.344 e. The molecule has 0 spiro atoms. The molecule has 0 bridgehead atoms. The molecule has 0 radical (unpaired) electrons. The van der Waals surface area contributed by atoms with Gasteiger partial charge < -0.3 is 9.88 Å². The predicted molar refractivity (Wildman–Crippen MR) is 110 cm³/mol. The average Bonchev–Trinajstić information content (AvgIpc) is 3.11. The maximum absolute atomic E-state index is 4.98. The fraction of sp³-hybridized carbons (Fsp3) is 0.217. The summed E-state index contributed by atoms with van der Waals surface area (Å²) in [5.74, 6) is 0. The van der Waals surface area contributed by atoms with E-state index in [9.17, 15) is 0 Å². The molecule has 4 aromatic rings. The number of hydrogen-bond donors (Lipinski definition) is 1. The Labute approximate surface area is 158 Å². The maximum atomic E-state index is 4.98. The lowest BCUT2D eigenvalue weighted by Crippen LogP contribution is -2.27. The monoisotopic (exact) mass is 354 g/mol. The van der Waals surface area contributed by atoms with Crippen molar-refractivity contribution in [2.45, 2.75) is 19.9 Å². The van der Waals surface area contributed by atoms with E-state index in [2.05, 4.69) is 65.2 Å². The second-order valence-corrected chi connectivity index (χ2v) is 7.44. The predicted octanol–water partition coefficient (Wildman–Crippen LogP) is 4.59. The summed E-state index contributed by atoms with van der Waals surface area (Å²) in [6.45, 7) is 4.34. The normalized spacial score (nSPS) is 14.4. The Morgan fingerprint density at radius 2 is 1.93 bits per heavy atom. The fourth-order valence-corrected chi connectivity index (χ4v) is 4.08. The Morgan fingerprint density at radius 1 is 1.07 bits per heavy atom. The van der Waals surface area contributed by atoms with Crippen LogP contribution in [0.1, 0.15) is 16.7 Å². The van der Waals surface area contributed by atoms with Gasteiger partial charge in [0.15, 0.2) is 5.65 Å². The van der Waals surface area contributed by atoms with Crippen LogP contribution in [0.5, 0.6) is 0 Å². The molecule has 2 aromatic heterocycles. The number of nitrogens with zero attached hydrogens (tertiary/aromatic N) is 3. The summed E-state index contributed by atoms with van der Waals surface area (Å²) >= 11 is 0. The molecule has 3 heterocycles. The third-order valence-corrected chi connectivity index (χ3v) is 5.51. The van der Waals surface area contributed by atoms with Crippen LogP contribution in [0, 0.1) is 6.92 Å². The molecular weight excluding hydrogens is 332 g/mol. The van der Waals surface area contributed by atoms with Crippen molar-refractivity contribution < 1.29 is 0 Å². The molecule has 0 aliphatic carbocycles. The van der Waals surface area contributed by atoms with Crippen LogP contribution in [-0.2, 0) is 13.0 Å². The van der Waals surface area contributed by atoms with Crippen LogP contribution in [0.25, 0.3) is 33.5 Å². The number of likely N-dealkylation sites (N-methyl/N-ethyl adjacent to an activating group) is 1. The maximum Gasteiger partial charge on any atom is 0.156 e. The first-order chi connectivity index (χ1) is 13.2. The molecule has 2 aromatic carbocycles. The van der Waals surface area contributed by atoms with Gasteiger partial charge in [-0.2, -0.15) is 0 Å². The SMILES string of the molecule is Cc1cc(-c2cnc3[nH]cc(-c4ccccc4)c3n2)cc2c1CCN(C)C2. The minimum atomic E-state index is 0.826. The van der Waals surface area contributed by atoms with Gasteiger partial charge in [0, 0.05) is 30.4 Å². The van der Waals surface area contributed by atoms with Crippen LogP contribution in [0.4, 0.5) is 0 Å². The zero-order valence-corrected chi connectivity index (χ0v) is 15.7. The van der Waals surface area contributed by atoms with Crippen LogP contribution in [0.15, 0.2) is 54.9 Å². The number of aryl methyl sites for hydroxylation is 1. The van der Waals surface area contributed by atoms with Crippen molar-refractivity contribution in [1.82, 2.24) is 19.9 Å². The Balaban J connectivity index is 1.64. The van der Waals surface area contributed by atoms with Gasteiger partial charge in [-0.3, -0.25) is 0 Å². The summed E-state index contributed by atoms with van der Waals surface area (Å²) in [5.41, 5.74) is 10.3. The number of H-pyrrole nitrogens is 1. The number of fused-ring (bicyclic) bond motifs is 2. The first-order valence-electron chi connectivity index (χ1n) is 9.40. The van der Waals surface area contributed by atoms with Crippen LogP contribution < -0.4 is 0 Å². The smallest absolute Gasteiger partial charge is 0.156 e. The lowest BCUT2D eigenvalue weighted by molar-refractivity contribution is 0.312. The number of aromatic nitrogens is 3. The van der Waals surface area contributed by atoms with E-state index in [-0.39, 0.29) is 0 Å². The van der Waals surface area contributed by atoms with E-state index in [4.69, 9.17) is 4.98 Å². The van der Waals surface area contributed by atoms with Crippen LogP contribution in [-0.4, -0.2) is 33.4 Å². The molecule has 0 amide bonds. The first kappa shape index (κ1) is 16.2. The second-order valence-electron chi connectivity index (χ2n) is 7.44. The highest BCUT2D eigenvalue weighted by Gasteiger charge is 2.17. The molecule has 1 N–H and O–H groups in total. The van der Waals surface area contributed by atoms with Gasteiger partial charge in [0.05, 0.1) is 11.9 Å². The van der Waals surface area contributed by atoms with Crippen LogP contribution in [0.3, 0.4) is 0 Å². The highest BCUT2D eigenvalue weighted by atomic mass is 15.1. The lowest BCUT2D eigenvalue weighted by Gasteiger charge is -2.27. The molecule has 0 saturated heterocycles. The topological polar surface area (TPSA) is 44.8 Å². The van der Waals surface area contributed by atoms with Crippen molar-refractivity contribution in [3.8, 4) is 22.4 Å². The molecule has 1 aliphatic rings. The standard InChI is InChI=1S/C23H22N4/c1-15-10-17(11-18-14-27(2)9-8-19(15)18)21-13-25-23-22(26-21)20(12-24-23)16-6-4-3-5-7-16/h3-7,10-13H,8-9,14H2,1-2H3,(H,24,25). The summed E-state index contributed by atoms with van der Waals surface area (Å²) in [6, 6.07) is 14.9. The van der Waals surface area contributed by atoms with Crippen LogP contribution >= 0.6 is 0 Å². The number of nitrogens with one attached hydrogen (secondary N) is 1. The molecule has 0 unspecified atom stereocenters. The second kappa shape index (κ2) is 6.32. The van der Waals surface area contributed by atoms with Crippen molar-refractivity contribution in [1.29, 1.82) is 0 Å². The number of benzene rings is 2. The molecule has 4 heteroatoms. The number of hydrogen-bond acceptors (Lipinski definition) is 3. The lowest BCUT2D eigenvalue weighted by atomic mass is 9.92. The van der Waals surface area contributed by atoms with Gasteiger partial charge >= 0.3 is 0 Å². The van der Waals surface area contributed by atoms with Gasteiger partial charge in [-0.25, -0.2) is 9.97 Å². The Kier molecular flexibility index (Phi) is 3.80. The minimum Gasteiger partial charge on any atom is -0.344 e. The van der Waals surface area contributed by atoms with Crippen molar-refractivity contribution >= 4 is 11.2 Å². The molecule has 5 rings (SSSR count). The van der Waals surface area contributed by atoms with Gasteiger partial charge in [-0.1, -0.05) is 30.3 Å². The Hall–Kier alpha value is -2.98. The first-order valence-corrected chi connectivity index (χ1v) is 9.40.